The summed E-state index contributed by atoms with van der Waals surface area (Å²) < 4.78 is 12.0. The minimum atomic E-state index is -0.457. The van der Waals surface area contributed by atoms with Crippen LogP contribution < -0.4 is 25.6 Å². The lowest BCUT2D eigenvalue weighted by Gasteiger charge is -2.13. The molecule has 0 fully saturated rings. The average Bonchev–Trinajstić information content (AvgIpc) is 2.77. The van der Waals surface area contributed by atoms with Crippen molar-refractivity contribution < 1.29 is 19.1 Å². The van der Waals surface area contributed by atoms with Gasteiger partial charge in [-0.15, -0.1) is 0 Å². The van der Waals surface area contributed by atoms with Crippen molar-refractivity contribution in [3.63, 3.8) is 0 Å². The second-order valence-electron chi connectivity index (χ2n) is 6.52. The highest BCUT2D eigenvalue weighted by molar-refractivity contribution is 9.10. The van der Waals surface area contributed by atoms with Crippen LogP contribution in [0.3, 0.4) is 0 Å². The number of ether oxygens (including phenoxy) is 2. The molecule has 0 unspecified atom stereocenters. The van der Waals surface area contributed by atoms with E-state index in [2.05, 4.69) is 32.1 Å². The van der Waals surface area contributed by atoms with Crippen LogP contribution in [0.25, 0.3) is 10.8 Å². The Hall–Kier alpha value is -3.17. The van der Waals surface area contributed by atoms with Crippen LogP contribution in [0.1, 0.15) is 5.56 Å². The fraction of sp³-hybridized carbons (Fsp3) is 0.136. The maximum atomic E-state index is 12.1. The number of hydrogen-bond donors (Lipinski definition) is 3. The van der Waals surface area contributed by atoms with E-state index in [-0.39, 0.29) is 18.3 Å². The molecule has 0 aliphatic rings. The molecule has 3 aromatic rings. The number of thiocarbonyl (C=S) groups is 1. The van der Waals surface area contributed by atoms with Gasteiger partial charge in [-0.05, 0) is 54.4 Å². The van der Waals surface area contributed by atoms with Gasteiger partial charge in [-0.3, -0.25) is 25.8 Å². The number of carbonyl (C=O) groups excluding carboxylic acids is 2. The maximum absolute atomic E-state index is 12.1. The zero-order valence-corrected chi connectivity index (χ0v) is 19.0. The van der Waals surface area contributed by atoms with Crippen LogP contribution in [0.4, 0.5) is 0 Å². The summed E-state index contributed by atoms with van der Waals surface area (Å²) in [6, 6.07) is 18.7. The Labute approximate surface area is 193 Å². The lowest BCUT2D eigenvalue weighted by atomic mass is 10.1. The quantitative estimate of drug-likeness (QED) is 0.354. The molecule has 0 atom stereocenters. The maximum Gasteiger partial charge on any atom is 0.276 e. The standard InChI is InChI=1S/C22H20BrN3O4S/c1-14-11-16(9-10-18(14)23)29-13-21(28)25-26-22(31)24-20(27)12-30-19-8-4-6-15-5-2-3-7-17(15)19/h2-11H,12-13H2,1H3,(H,25,28)(H2,24,26,27,31). The second kappa shape index (κ2) is 10.7. The van der Waals surface area contributed by atoms with E-state index in [1.807, 2.05) is 55.5 Å². The summed E-state index contributed by atoms with van der Waals surface area (Å²) in [5.41, 5.74) is 5.81. The van der Waals surface area contributed by atoms with E-state index < -0.39 is 11.8 Å². The van der Waals surface area contributed by atoms with E-state index in [1.54, 1.807) is 12.1 Å². The molecule has 2 amide bonds. The van der Waals surface area contributed by atoms with Gasteiger partial charge >= 0.3 is 0 Å². The predicted molar refractivity (Wildman–Crippen MR) is 126 cm³/mol. The highest BCUT2D eigenvalue weighted by Crippen LogP contribution is 2.25. The summed E-state index contributed by atoms with van der Waals surface area (Å²) in [4.78, 5) is 24.0. The fourth-order valence-electron chi connectivity index (χ4n) is 2.68. The topological polar surface area (TPSA) is 88.7 Å². The number of aryl methyl sites for hydroxylation is 1. The van der Waals surface area contributed by atoms with Crippen molar-refractivity contribution in [1.29, 1.82) is 0 Å². The van der Waals surface area contributed by atoms with Crippen LogP contribution in [0, 0.1) is 6.92 Å². The fourth-order valence-corrected chi connectivity index (χ4v) is 3.09. The molecule has 0 aromatic heterocycles. The Morgan fingerprint density at radius 3 is 2.48 bits per heavy atom. The van der Waals surface area contributed by atoms with Crippen LogP contribution >= 0.6 is 28.1 Å². The van der Waals surface area contributed by atoms with Crippen LogP contribution in [0.2, 0.25) is 0 Å². The number of fused-ring (bicyclic) bond motifs is 1. The van der Waals surface area contributed by atoms with Crippen molar-refractivity contribution in [2.24, 2.45) is 0 Å². The average molecular weight is 502 g/mol. The third-order valence-electron chi connectivity index (χ3n) is 4.18. The molecular weight excluding hydrogens is 482 g/mol. The number of hydrazine groups is 1. The third-order valence-corrected chi connectivity index (χ3v) is 5.27. The molecule has 3 N–H and O–H groups in total. The number of carbonyl (C=O) groups is 2. The Morgan fingerprint density at radius 2 is 1.68 bits per heavy atom. The third kappa shape index (κ3) is 6.66. The summed E-state index contributed by atoms with van der Waals surface area (Å²) in [5.74, 6) is 0.253. The highest BCUT2D eigenvalue weighted by Gasteiger charge is 2.09. The van der Waals surface area contributed by atoms with Gasteiger partial charge in [-0.2, -0.15) is 0 Å². The van der Waals surface area contributed by atoms with E-state index in [1.165, 1.54) is 0 Å². The molecule has 0 saturated heterocycles. The van der Waals surface area contributed by atoms with Gasteiger partial charge < -0.3 is 9.47 Å². The summed E-state index contributed by atoms with van der Waals surface area (Å²) in [6.45, 7) is 1.48. The number of nitrogens with one attached hydrogen (secondary N) is 3. The molecule has 0 aliphatic carbocycles. The van der Waals surface area contributed by atoms with Gasteiger partial charge in [0.2, 0.25) is 0 Å². The smallest absolute Gasteiger partial charge is 0.276 e. The minimum absolute atomic E-state index is 0.0562. The van der Waals surface area contributed by atoms with Gasteiger partial charge in [-0.1, -0.05) is 52.3 Å². The molecule has 3 aromatic carbocycles. The number of hydrogen-bond acceptors (Lipinski definition) is 5. The number of amides is 2. The first-order valence-corrected chi connectivity index (χ1v) is 10.5. The SMILES string of the molecule is Cc1cc(OCC(=O)NNC(=S)NC(=O)COc2cccc3ccccc23)ccc1Br. The molecule has 0 aliphatic heterocycles. The van der Waals surface area contributed by atoms with Crippen molar-refractivity contribution in [3.8, 4) is 11.5 Å². The Kier molecular flexibility index (Phi) is 7.80. The number of benzene rings is 3. The van der Waals surface area contributed by atoms with E-state index in [0.29, 0.717) is 11.5 Å². The number of halogens is 1. The summed E-state index contributed by atoms with van der Waals surface area (Å²) in [5, 5.41) is 4.30. The van der Waals surface area contributed by atoms with Crippen LogP contribution in [-0.4, -0.2) is 30.1 Å². The van der Waals surface area contributed by atoms with Gasteiger partial charge in [0.25, 0.3) is 11.8 Å². The first kappa shape index (κ1) is 22.5. The monoisotopic (exact) mass is 501 g/mol. The van der Waals surface area contributed by atoms with E-state index >= 15 is 0 Å². The zero-order chi connectivity index (χ0) is 22.2. The van der Waals surface area contributed by atoms with Crippen molar-refractivity contribution in [3.05, 3.63) is 70.7 Å². The van der Waals surface area contributed by atoms with E-state index in [4.69, 9.17) is 21.7 Å². The first-order chi connectivity index (χ1) is 14.9. The summed E-state index contributed by atoms with van der Waals surface area (Å²) >= 11 is 8.41. The van der Waals surface area contributed by atoms with E-state index in [0.717, 1.165) is 20.8 Å². The molecule has 0 bridgehead atoms. The molecule has 3 rings (SSSR count). The van der Waals surface area contributed by atoms with Crippen molar-refractivity contribution in [2.45, 2.75) is 6.92 Å². The minimum Gasteiger partial charge on any atom is -0.484 e. The molecule has 0 saturated carbocycles. The molecule has 9 heteroatoms. The van der Waals surface area contributed by atoms with Crippen molar-refractivity contribution in [2.75, 3.05) is 13.2 Å². The Bertz CT molecular complexity index is 1120. The normalized spacial score (nSPS) is 10.3. The molecule has 0 radical (unpaired) electrons. The molecule has 0 spiro atoms. The number of rotatable bonds is 6. The second-order valence-corrected chi connectivity index (χ2v) is 7.78. The van der Waals surface area contributed by atoms with E-state index in [9.17, 15) is 9.59 Å². The van der Waals surface area contributed by atoms with Gasteiger partial charge in [0.15, 0.2) is 18.3 Å². The van der Waals surface area contributed by atoms with Crippen LogP contribution in [0.5, 0.6) is 11.5 Å². The molecular formula is C22H20BrN3O4S. The summed E-state index contributed by atoms with van der Waals surface area (Å²) in [6.07, 6.45) is 0. The Balaban J connectivity index is 1.39. The molecule has 0 heterocycles. The van der Waals surface area contributed by atoms with Gasteiger partial charge in [0.05, 0.1) is 0 Å². The van der Waals surface area contributed by atoms with Crippen LogP contribution in [0.15, 0.2) is 65.1 Å². The molecule has 7 nitrogen and oxygen atoms in total. The summed E-state index contributed by atoms with van der Waals surface area (Å²) in [7, 11) is 0. The van der Waals surface area contributed by atoms with Crippen LogP contribution in [-0.2, 0) is 9.59 Å². The van der Waals surface area contributed by atoms with Crippen molar-refractivity contribution >= 4 is 55.8 Å². The predicted octanol–water partition coefficient (Wildman–Crippen LogP) is 3.39. The lowest BCUT2D eigenvalue weighted by Crippen LogP contribution is -2.50. The molecule has 31 heavy (non-hydrogen) atoms. The zero-order valence-electron chi connectivity index (χ0n) is 16.6. The van der Waals surface area contributed by atoms with Gasteiger partial charge in [0, 0.05) is 9.86 Å². The lowest BCUT2D eigenvalue weighted by molar-refractivity contribution is -0.124. The highest BCUT2D eigenvalue weighted by atomic mass is 79.9. The van der Waals surface area contributed by atoms with Gasteiger partial charge in [-0.25, -0.2) is 0 Å². The first-order valence-electron chi connectivity index (χ1n) is 9.30. The van der Waals surface area contributed by atoms with Crippen molar-refractivity contribution in [1.82, 2.24) is 16.2 Å². The Morgan fingerprint density at radius 1 is 0.935 bits per heavy atom. The largest absolute Gasteiger partial charge is 0.484 e. The van der Waals surface area contributed by atoms with Gasteiger partial charge in [0.1, 0.15) is 11.5 Å². The molecule has 160 valence electrons.